The molecule has 2 rings (SSSR count). The molecule has 1 aromatic heterocycles. The van der Waals surface area contributed by atoms with Crippen LogP contribution < -0.4 is 15.4 Å². The molecule has 6 nitrogen and oxygen atoms in total. The Bertz CT molecular complexity index is 551. The normalized spacial score (nSPS) is 16.7. The van der Waals surface area contributed by atoms with Gasteiger partial charge in [0.05, 0.1) is 6.10 Å². The van der Waals surface area contributed by atoms with Crippen molar-refractivity contribution < 1.29 is 9.47 Å². The van der Waals surface area contributed by atoms with Gasteiger partial charge in [-0.15, -0.1) is 0 Å². The van der Waals surface area contributed by atoms with E-state index in [1.54, 1.807) is 7.11 Å². The number of rotatable bonds is 9. The second kappa shape index (κ2) is 10.4. The van der Waals surface area contributed by atoms with Crippen molar-refractivity contribution in [3.63, 3.8) is 0 Å². The first-order valence-corrected chi connectivity index (χ1v) is 9.62. The highest BCUT2D eigenvalue weighted by Crippen LogP contribution is 2.40. The standard InChI is InChI=1S/C20H34N4O2/c1-16(2)26-18-8-7-17(13-22-18)14-23-19(21-3)24-15-20(11-12-25-4)9-5-6-10-20/h7-8,13,16H,5-6,9-12,14-15H2,1-4H3,(H2,21,23,24). The lowest BCUT2D eigenvalue weighted by Crippen LogP contribution is -2.43. The van der Waals surface area contributed by atoms with Gasteiger partial charge in [0.2, 0.25) is 5.88 Å². The van der Waals surface area contributed by atoms with Gasteiger partial charge in [-0.3, -0.25) is 4.99 Å². The molecule has 2 N–H and O–H groups in total. The van der Waals surface area contributed by atoms with E-state index in [0.717, 1.165) is 31.1 Å². The summed E-state index contributed by atoms with van der Waals surface area (Å²) in [6, 6.07) is 3.94. The van der Waals surface area contributed by atoms with Crippen LogP contribution in [-0.2, 0) is 11.3 Å². The molecule has 0 atom stereocenters. The van der Waals surface area contributed by atoms with Crippen molar-refractivity contribution in [2.45, 2.75) is 58.6 Å². The Morgan fingerprint density at radius 3 is 2.62 bits per heavy atom. The topological polar surface area (TPSA) is 67.8 Å². The van der Waals surface area contributed by atoms with Gasteiger partial charge in [0.15, 0.2) is 5.96 Å². The minimum Gasteiger partial charge on any atom is -0.475 e. The lowest BCUT2D eigenvalue weighted by atomic mass is 9.83. The van der Waals surface area contributed by atoms with E-state index >= 15 is 0 Å². The number of aliphatic imine (C=N–C) groups is 1. The smallest absolute Gasteiger partial charge is 0.213 e. The Labute approximate surface area is 157 Å². The number of ether oxygens (including phenoxy) is 2. The molecule has 1 aliphatic carbocycles. The van der Waals surface area contributed by atoms with Crippen molar-refractivity contribution in [1.82, 2.24) is 15.6 Å². The first-order valence-electron chi connectivity index (χ1n) is 9.62. The second-order valence-corrected chi connectivity index (χ2v) is 7.40. The summed E-state index contributed by atoms with van der Waals surface area (Å²) in [6.45, 7) is 6.44. The van der Waals surface area contributed by atoms with Crippen LogP contribution in [0.1, 0.15) is 51.5 Å². The van der Waals surface area contributed by atoms with Crippen LogP contribution in [0.15, 0.2) is 23.3 Å². The maximum Gasteiger partial charge on any atom is 0.213 e. The highest BCUT2D eigenvalue weighted by Gasteiger charge is 2.33. The van der Waals surface area contributed by atoms with E-state index in [1.165, 1.54) is 25.7 Å². The summed E-state index contributed by atoms with van der Waals surface area (Å²) in [5.74, 6) is 1.49. The van der Waals surface area contributed by atoms with Crippen molar-refractivity contribution in [2.75, 3.05) is 27.3 Å². The zero-order valence-corrected chi connectivity index (χ0v) is 16.7. The molecule has 1 fully saturated rings. The molecule has 0 radical (unpaired) electrons. The SMILES string of the molecule is CN=C(NCc1ccc(OC(C)C)nc1)NCC1(CCOC)CCCC1. The molecule has 1 saturated carbocycles. The van der Waals surface area contributed by atoms with Crippen LogP contribution in [0.3, 0.4) is 0 Å². The molecule has 1 aromatic rings. The molecule has 146 valence electrons. The van der Waals surface area contributed by atoms with Crippen molar-refractivity contribution in [3.05, 3.63) is 23.9 Å². The van der Waals surface area contributed by atoms with Gasteiger partial charge in [-0.05, 0) is 44.1 Å². The Balaban J connectivity index is 1.81. The molecular weight excluding hydrogens is 328 g/mol. The monoisotopic (exact) mass is 362 g/mol. The minimum atomic E-state index is 0.135. The zero-order valence-electron chi connectivity index (χ0n) is 16.7. The number of nitrogens with one attached hydrogen (secondary N) is 2. The van der Waals surface area contributed by atoms with Gasteiger partial charge >= 0.3 is 0 Å². The largest absolute Gasteiger partial charge is 0.475 e. The van der Waals surface area contributed by atoms with Crippen LogP contribution in [0.25, 0.3) is 0 Å². The Hall–Kier alpha value is -1.82. The number of aromatic nitrogens is 1. The number of methoxy groups -OCH3 is 1. The molecule has 26 heavy (non-hydrogen) atoms. The molecule has 0 aromatic carbocycles. The fourth-order valence-corrected chi connectivity index (χ4v) is 3.46. The van der Waals surface area contributed by atoms with Crippen molar-refractivity contribution >= 4 is 5.96 Å². The lowest BCUT2D eigenvalue weighted by Gasteiger charge is -2.30. The highest BCUT2D eigenvalue weighted by molar-refractivity contribution is 5.79. The van der Waals surface area contributed by atoms with E-state index in [-0.39, 0.29) is 6.10 Å². The fourth-order valence-electron chi connectivity index (χ4n) is 3.46. The highest BCUT2D eigenvalue weighted by atomic mass is 16.5. The summed E-state index contributed by atoms with van der Waals surface area (Å²) < 4.78 is 10.9. The Morgan fingerprint density at radius 2 is 2.04 bits per heavy atom. The van der Waals surface area contributed by atoms with Gasteiger partial charge in [0.25, 0.3) is 0 Å². The summed E-state index contributed by atoms with van der Waals surface area (Å²) in [7, 11) is 3.59. The first-order chi connectivity index (χ1) is 12.6. The van der Waals surface area contributed by atoms with Crippen LogP contribution in [0.4, 0.5) is 0 Å². The molecule has 0 amide bonds. The van der Waals surface area contributed by atoms with Crippen molar-refractivity contribution in [2.24, 2.45) is 10.4 Å². The zero-order chi connectivity index (χ0) is 18.8. The number of nitrogens with zero attached hydrogens (tertiary/aromatic N) is 2. The molecule has 0 aliphatic heterocycles. The van der Waals surface area contributed by atoms with Gasteiger partial charge in [0.1, 0.15) is 0 Å². The molecule has 1 heterocycles. The molecule has 0 bridgehead atoms. The van der Waals surface area contributed by atoms with Crippen LogP contribution in [0, 0.1) is 5.41 Å². The maximum atomic E-state index is 5.58. The molecule has 0 saturated heterocycles. The Kier molecular flexibility index (Phi) is 8.16. The van der Waals surface area contributed by atoms with Gasteiger partial charge in [0, 0.05) is 46.1 Å². The van der Waals surface area contributed by atoms with E-state index in [1.807, 2.05) is 39.2 Å². The van der Waals surface area contributed by atoms with Gasteiger partial charge in [-0.1, -0.05) is 18.9 Å². The van der Waals surface area contributed by atoms with E-state index in [4.69, 9.17) is 9.47 Å². The number of hydrogen-bond donors (Lipinski definition) is 2. The lowest BCUT2D eigenvalue weighted by molar-refractivity contribution is 0.138. The first kappa shape index (κ1) is 20.5. The van der Waals surface area contributed by atoms with Crippen LogP contribution in [0.5, 0.6) is 5.88 Å². The van der Waals surface area contributed by atoms with Crippen LogP contribution >= 0.6 is 0 Å². The predicted octanol–water partition coefficient (Wildman–Crippen LogP) is 3.13. The number of pyridine rings is 1. The molecule has 1 aliphatic rings. The van der Waals surface area contributed by atoms with E-state index < -0.39 is 0 Å². The minimum absolute atomic E-state index is 0.135. The quantitative estimate of drug-likeness (QED) is 0.522. The summed E-state index contributed by atoms with van der Waals surface area (Å²) in [4.78, 5) is 8.69. The molecular formula is C20H34N4O2. The molecule has 0 spiro atoms. The van der Waals surface area contributed by atoms with Crippen LogP contribution in [-0.4, -0.2) is 44.4 Å². The van der Waals surface area contributed by atoms with Gasteiger partial charge in [-0.25, -0.2) is 4.98 Å². The second-order valence-electron chi connectivity index (χ2n) is 7.40. The van der Waals surface area contributed by atoms with Crippen molar-refractivity contribution in [3.8, 4) is 5.88 Å². The van der Waals surface area contributed by atoms with Crippen molar-refractivity contribution in [1.29, 1.82) is 0 Å². The molecule has 6 heteroatoms. The third kappa shape index (κ3) is 6.48. The number of hydrogen-bond acceptors (Lipinski definition) is 4. The van der Waals surface area contributed by atoms with Gasteiger partial charge in [-0.2, -0.15) is 0 Å². The average molecular weight is 363 g/mol. The van der Waals surface area contributed by atoms with E-state index in [9.17, 15) is 0 Å². The average Bonchev–Trinajstić information content (AvgIpc) is 3.10. The summed E-state index contributed by atoms with van der Waals surface area (Å²) in [5, 5.41) is 6.88. The summed E-state index contributed by atoms with van der Waals surface area (Å²) in [5.41, 5.74) is 1.43. The van der Waals surface area contributed by atoms with Crippen LogP contribution in [0.2, 0.25) is 0 Å². The summed E-state index contributed by atoms with van der Waals surface area (Å²) >= 11 is 0. The summed E-state index contributed by atoms with van der Waals surface area (Å²) in [6.07, 6.45) is 8.24. The fraction of sp³-hybridized carbons (Fsp3) is 0.700. The van der Waals surface area contributed by atoms with E-state index in [2.05, 4.69) is 20.6 Å². The maximum absolute atomic E-state index is 5.58. The van der Waals surface area contributed by atoms with E-state index in [0.29, 0.717) is 17.8 Å². The third-order valence-electron chi connectivity index (χ3n) is 4.97. The van der Waals surface area contributed by atoms with Gasteiger partial charge < -0.3 is 20.1 Å². The molecule has 0 unspecified atom stereocenters. The predicted molar refractivity (Wildman–Crippen MR) is 106 cm³/mol. The Morgan fingerprint density at radius 1 is 1.27 bits per heavy atom. The number of guanidine groups is 1. The third-order valence-corrected chi connectivity index (χ3v) is 4.97.